The number of amides is 1. The first-order valence-corrected chi connectivity index (χ1v) is 8.12. The molecular formula is C17H25N3O2. The highest BCUT2D eigenvalue weighted by molar-refractivity contribution is 5.97. The van der Waals surface area contributed by atoms with E-state index in [9.17, 15) is 4.79 Å². The number of hydrogen-bond donors (Lipinski definition) is 0. The summed E-state index contributed by atoms with van der Waals surface area (Å²) in [4.78, 5) is 21.1. The second kappa shape index (κ2) is 6.24. The van der Waals surface area contributed by atoms with Crippen LogP contribution >= 0.6 is 0 Å². The molecule has 2 aliphatic rings. The molecule has 0 N–H and O–H groups in total. The Morgan fingerprint density at radius 1 is 1.27 bits per heavy atom. The fraction of sp³-hybridized carbons (Fsp3) is 0.647. The number of nitrogens with zero attached hydrogens (tertiary/aromatic N) is 3. The molecule has 1 aromatic heterocycles. The Morgan fingerprint density at radius 2 is 2.00 bits per heavy atom. The molecule has 22 heavy (non-hydrogen) atoms. The van der Waals surface area contributed by atoms with Crippen LogP contribution in [0.15, 0.2) is 12.1 Å². The lowest BCUT2D eigenvalue weighted by Gasteiger charge is -2.26. The Balaban J connectivity index is 1.95. The van der Waals surface area contributed by atoms with Gasteiger partial charge in [0.05, 0.1) is 5.69 Å². The molecule has 0 aromatic carbocycles. The van der Waals surface area contributed by atoms with Gasteiger partial charge in [-0.05, 0) is 30.9 Å². The number of anilines is 2. The van der Waals surface area contributed by atoms with Gasteiger partial charge in [0.1, 0.15) is 0 Å². The molecule has 1 amide bonds. The molecule has 0 unspecified atom stereocenters. The van der Waals surface area contributed by atoms with Crippen LogP contribution in [0.2, 0.25) is 0 Å². The molecule has 0 saturated carbocycles. The van der Waals surface area contributed by atoms with Gasteiger partial charge in [-0.25, -0.2) is 4.98 Å². The second-order valence-electron chi connectivity index (χ2n) is 6.67. The predicted molar refractivity (Wildman–Crippen MR) is 87.5 cm³/mol. The van der Waals surface area contributed by atoms with Gasteiger partial charge in [0, 0.05) is 51.9 Å². The first-order valence-electron chi connectivity index (χ1n) is 8.12. The molecule has 3 rings (SSSR count). The van der Waals surface area contributed by atoms with Crippen LogP contribution in [0, 0.1) is 5.92 Å². The largest absolute Gasteiger partial charge is 0.381 e. The first-order chi connectivity index (χ1) is 10.6. The summed E-state index contributed by atoms with van der Waals surface area (Å²) in [5, 5.41) is 0. The van der Waals surface area contributed by atoms with Gasteiger partial charge in [0.25, 0.3) is 0 Å². The summed E-state index contributed by atoms with van der Waals surface area (Å²) < 4.78 is 5.44. The summed E-state index contributed by atoms with van der Waals surface area (Å²) in [5.41, 5.74) is 2.11. The number of pyridine rings is 1. The van der Waals surface area contributed by atoms with Crippen molar-refractivity contribution in [3.05, 3.63) is 17.8 Å². The zero-order chi connectivity index (χ0) is 15.7. The summed E-state index contributed by atoms with van der Waals surface area (Å²) in [7, 11) is 4.00. The van der Waals surface area contributed by atoms with Gasteiger partial charge in [-0.1, -0.05) is 6.92 Å². The molecule has 120 valence electrons. The fourth-order valence-electron chi connectivity index (χ4n) is 3.32. The van der Waals surface area contributed by atoms with Crippen molar-refractivity contribution < 1.29 is 9.53 Å². The van der Waals surface area contributed by atoms with E-state index in [-0.39, 0.29) is 5.91 Å². The van der Waals surface area contributed by atoms with Crippen LogP contribution in [0.4, 0.5) is 11.5 Å². The van der Waals surface area contributed by atoms with Gasteiger partial charge < -0.3 is 9.64 Å². The number of rotatable bonds is 3. The van der Waals surface area contributed by atoms with Crippen molar-refractivity contribution in [2.75, 3.05) is 43.7 Å². The van der Waals surface area contributed by atoms with Crippen molar-refractivity contribution in [3.63, 3.8) is 0 Å². The highest BCUT2D eigenvalue weighted by Crippen LogP contribution is 2.34. The minimum absolute atomic E-state index is 0.187. The Bertz CT molecular complexity index is 553. The van der Waals surface area contributed by atoms with Crippen molar-refractivity contribution in [1.29, 1.82) is 0 Å². The summed E-state index contributed by atoms with van der Waals surface area (Å²) in [5.74, 6) is 1.85. The average molecular weight is 303 g/mol. The van der Waals surface area contributed by atoms with Gasteiger partial charge in [0.2, 0.25) is 5.91 Å². The molecular weight excluding hydrogens is 278 g/mol. The molecule has 0 spiro atoms. The van der Waals surface area contributed by atoms with Gasteiger partial charge in [-0.2, -0.15) is 0 Å². The molecule has 2 fully saturated rings. The van der Waals surface area contributed by atoms with E-state index in [4.69, 9.17) is 9.72 Å². The summed E-state index contributed by atoms with van der Waals surface area (Å²) in [6.45, 7) is 4.49. The van der Waals surface area contributed by atoms with Crippen molar-refractivity contribution in [3.8, 4) is 0 Å². The summed E-state index contributed by atoms with van der Waals surface area (Å²) in [6.07, 6.45) is 2.65. The highest BCUT2D eigenvalue weighted by atomic mass is 16.5. The third-order valence-corrected chi connectivity index (χ3v) is 4.57. The Labute approximate surface area is 132 Å². The van der Waals surface area contributed by atoms with Crippen LogP contribution < -0.4 is 9.80 Å². The second-order valence-corrected chi connectivity index (χ2v) is 6.67. The SMILES string of the molecule is C[C@H]1CC(=O)N(c2nc(C3CCOCC3)ccc2N(C)C)C1. The van der Waals surface area contributed by atoms with E-state index in [1.165, 1.54) is 0 Å². The minimum Gasteiger partial charge on any atom is -0.381 e. The third-order valence-electron chi connectivity index (χ3n) is 4.57. The molecule has 1 aromatic rings. The first kappa shape index (κ1) is 15.3. The Kier molecular flexibility index (Phi) is 4.34. The van der Waals surface area contributed by atoms with Crippen molar-refractivity contribution in [2.45, 2.75) is 32.1 Å². The van der Waals surface area contributed by atoms with E-state index in [0.717, 1.165) is 49.8 Å². The lowest BCUT2D eigenvalue weighted by Crippen LogP contribution is -2.28. The number of ether oxygens (including phenoxy) is 1. The lowest BCUT2D eigenvalue weighted by atomic mass is 9.96. The van der Waals surface area contributed by atoms with Crippen LogP contribution in [-0.4, -0.2) is 44.7 Å². The maximum atomic E-state index is 12.3. The average Bonchev–Trinajstić information content (AvgIpc) is 2.86. The quantitative estimate of drug-likeness (QED) is 0.860. The number of carbonyl (C=O) groups excluding carboxylic acids is 1. The van der Waals surface area contributed by atoms with Gasteiger partial charge >= 0.3 is 0 Å². The normalized spacial score (nSPS) is 23.1. The van der Waals surface area contributed by atoms with E-state index in [2.05, 4.69) is 19.1 Å². The Hall–Kier alpha value is -1.62. The van der Waals surface area contributed by atoms with Crippen molar-refractivity contribution >= 4 is 17.4 Å². The minimum atomic E-state index is 0.187. The monoisotopic (exact) mass is 303 g/mol. The molecule has 0 aliphatic carbocycles. The van der Waals surface area contributed by atoms with E-state index in [0.29, 0.717) is 18.3 Å². The molecule has 3 heterocycles. The molecule has 1 atom stereocenters. The van der Waals surface area contributed by atoms with E-state index < -0.39 is 0 Å². The van der Waals surface area contributed by atoms with Crippen molar-refractivity contribution in [1.82, 2.24) is 4.98 Å². The lowest BCUT2D eigenvalue weighted by molar-refractivity contribution is -0.117. The van der Waals surface area contributed by atoms with E-state index >= 15 is 0 Å². The zero-order valence-electron chi connectivity index (χ0n) is 13.7. The maximum Gasteiger partial charge on any atom is 0.228 e. The third kappa shape index (κ3) is 2.95. The van der Waals surface area contributed by atoms with Crippen LogP contribution in [-0.2, 0) is 9.53 Å². The number of carbonyl (C=O) groups is 1. The summed E-state index contributed by atoms with van der Waals surface area (Å²) in [6, 6.07) is 4.21. The standard InChI is InChI=1S/C17H25N3O2/c1-12-10-16(21)20(11-12)17-15(19(2)3)5-4-14(18-17)13-6-8-22-9-7-13/h4-5,12-13H,6-11H2,1-3H3/t12-/m0/s1. The number of aromatic nitrogens is 1. The van der Waals surface area contributed by atoms with Crippen molar-refractivity contribution in [2.24, 2.45) is 5.92 Å². The van der Waals surface area contributed by atoms with E-state index in [1.807, 2.05) is 23.9 Å². The maximum absolute atomic E-state index is 12.3. The van der Waals surface area contributed by atoms with Gasteiger partial charge in [-0.15, -0.1) is 0 Å². The molecule has 0 bridgehead atoms. The van der Waals surface area contributed by atoms with Gasteiger partial charge in [-0.3, -0.25) is 9.69 Å². The smallest absolute Gasteiger partial charge is 0.228 e. The topological polar surface area (TPSA) is 45.7 Å². The van der Waals surface area contributed by atoms with Gasteiger partial charge in [0.15, 0.2) is 5.82 Å². The highest BCUT2D eigenvalue weighted by Gasteiger charge is 2.31. The van der Waals surface area contributed by atoms with E-state index in [1.54, 1.807) is 0 Å². The summed E-state index contributed by atoms with van der Waals surface area (Å²) >= 11 is 0. The van der Waals surface area contributed by atoms with Crippen LogP contribution in [0.1, 0.15) is 37.8 Å². The Morgan fingerprint density at radius 3 is 2.59 bits per heavy atom. The zero-order valence-corrected chi connectivity index (χ0v) is 13.7. The number of hydrogen-bond acceptors (Lipinski definition) is 4. The van der Waals surface area contributed by atoms with Crippen LogP contribution in [0.5, 0.6) is 0 Å². The molecule has 2 aliphatic heterocycles. The predicted octanol–water partition coefficient (Wildman–Crippen LogP) is 2.41. The molecule has 5 nitrogen and oxygen atoms in total. The molecule has 2 saturated heterocycles. The van der Waals surface area contributed by atoms with Crippen LogP contribution in [0.25, 0.3) is 0 Å². The molecule has 0 radical (unpaired) electrons. The van der Waals surface area contributed by atoms with Crippen LogP contribution in [0.3, 0.4) is 0 Å². The molecule has 5 heteroatoms. The fourth-order valence-corrected chi connectivity index (χ4v) is 3.32.